The van der Waals surface area contributed by atoms with Crippen LogP contribution in [0.1, 0.15) is 6.92 Å². The molecule has 0 unspecified atom stereocenters. The van der Waals surface area contributed by atoms with E-state index in [1.165, 1.54) is 30.9 Å². The Kier molecular flexibility index (Phi) is 7.79. The predicted molar refractivity (Wildman–Crippen MR) is 104 cm³/mol. The summed E-state index contributed by atoms with van der Waals surface area (Å²) in [5.74, 6) is -2.61. The largest absolute Gasteiger partial charge is 0.504 e. The number of carbonyl (C=O) groups excluding carboxylic acids is 2. The average molecular weight is 573 g/mol. The van der Waals surface area contributed by atoms with Crippen LogP contribution in [-0.2, 0) is 25.7 Å². The molecule has 10 heteroatoms. The molecule has 134 valence electrons. The van der Waals surface area contributed by atoms with Gasteiger partial charge in [0.2, 0.25) is 0 Å². The number of pyridine rings is 1. The van der Waals surface area contributed by atoms with Crippen molar-refractivity contribution in [1.82, 2.24) is 4.57 Å². The van der Waals surface area contributed by atoms with Crippen LogP contribution >= 0.6 is 45.2 Å². The highest BCUT2D eigenvalue weighted by Crippen LogP contribution is 2.16. The number of rotatable bonds is 3. The molecule has 0 saturated heterocycles. The monoisotopic (exact) mass is 573 g/mol. The second-order valence-corrected chi connectivity index (χ2v) is 6.79. The normalized spacial score (nSPS) is 13.8. The molecule has 1 heterocycles. The van der Waals surface area contributed by atoms with E-state index in [2.05, 4.69) is 4.74 Å². The van der Waals surface area contributed by atoms with Gasteiger partial charge in [0.1, 0.15) is 6.54 Å². The number of aromatic nitrogens is 1. The first kappa shape index (κ1) is 21.3. The van der Waals surface area contributed by atoms with Gasteiger partial charge in [-0.1, -0.05) is 0 Å². The molecular weight excluding hydrogens is 560 g/mol. The van der Waals surface area contributed by atoms with Gasteiger partial charge in [0.05, 0.1) is 14.4 Å². The average Bonchev–Trinajstić information content (AvgIpc) is 2.57. The highest BCUT2D eigenvalue weighted by Gasteiger charge is 2.26. The Morgan fingerprint density at radius 1 is 1.28 bits per heavy atom. The van der Waals surface area contributed by atoms with Gasteiger partial charge in [0, 0.05) is 23.9 Å². The number of carbonyl (C=O) groups is 3. The van der Waals surface area contributed by atoms with Crippen molar-refractivity contribution in [3.63, 3.8) is 0 Å². The number of aliphatic hydroxyl groups is 1. The molecule has 0 radical (unpaired) electrons. The molecule has 1 aromatic rings. The zero-order valence-electron chi connectivity index (χ0n) is 13.1. The minimum atomic E-state index is -0.919. The number of hydrogen-bond acceptors (Lipinski definition) is 6. The Balaban J connectivity index is 0.000000251. The number of aliphatic hydroxyl groups excluding tert-OH is 1. The summed E-state index contributed by atoms with van der Waals surface area (Å²) >= 11 is 3.86. The lowest BCUT2D eigenvalue weighted by atomic mass is 10.0. The summed E-state index contributed by atoms with van der Waals surface area (Å²) in [5, 5.41) is 17.7. The van der Waals surface area contributed by atoms with Crippen LogP contribution in [0.25, 0.3) is 0 Å². The third kappa shape index (κ3) is 5.39. The van der Waals surface area contributed by atoms with Crippen LogP contribution in [0.4, 0.5) is 0 Å². The quantitative estimate of drug-likeness (QED) is 0.321. The molecule has 0 aromatic carbocycles. The fraction of sp³-hybridized carbons (Fsp3) is 0.200. The maximum atomic E-state index is 11.1. The van der Waals surface area contributed by atoms with Gasteiger partial charge < -0.3 is 19.5 Å². The lowest BCUT2D eigenvalue weighted by Gasteiger charge is -2.10. The highest BCUT2D eigenvalue weighted by molar-refractivity contribution is 14.1. The van der Waals surface area contributed by atoms with E-state index in [4.69, 9.17) is 10.2 Å². The van der Waals surface area contributed by atoms with E-state index < -0.39 is 23.3 Å². The number of aliphatic carboxylic acids is 1. The van der Waals surface area contributed by atoms with Crippen molar-refractivity contribution in [2.75, 3.05) is 7.11 Å². The first-order chi connectivity index (χ1) is 11.6. The zero-order valence-corrected chi connectivity index (χ0v) is 17.4. The second-order valence-electron chi connectivity index (χ2n) is 4.69. The van der Waals surface area contributed by atoms with Crippen LogP contribution in [0, 0.1) is 7.27 Å². The maximum absolute atomic E-state index is 11.1. The molecule has 0 spiro atoms. The van der Waals surface area contributed by atoms with Crippen LogP contribution in [-0.4, -0.2) is 39.4 Å². The van der Waals surface area contributed by atoms with Crippen molar-refractivity contribution in [3.05, 3.63) is 52.9 Å². The highest BCUT2D eigenvalue weighted by atomic mass is 127. The van der Waals surface area contributed by atoms with Crippen LogP contribution < -0.4 is 5.43 Å². The molecule has 0 bridgehead atoms. The Bertz CT molecular complexity index is 852. The maximum Gasteiger partial charge on any atom is 0.323 e. The van der Waals surface area contributed by atoms with Crippen LogP contribution in [0.5, 0.6) is 0 Å². The molecule has 25 heavy (non-hydrogen) atoms. The summed E-state index contributed by atoms with van der Waals surface area (Å²) in [4.78, 5) is 43.6. The van der Waals surface area contributed by atoms with Gasteiger partial charge in [-0.15, -0.1) is 0 Å². The topological polar surface area (TPSA) is 123 Å². The predicted octanol–water partition coefficient (Wildman–Crippen LogP) is 1.64. The fourth-order valence-corrected chi connectivity index (χ4v) is 2.73. The van der Waals surface area contributed by atoms with Crippen molar-refractivity contribution in [1.29, 1.82) is 0 Å². The number of carboxylic acids is 1. The van der Waals surface area contributed by atoms with E-state index in [1.807, 2.05) is 45.2 Å². The number of hydrogen-bond donors (Lipinski definition) is 2. The van der Waals surface area contributed by atoms with Gasteiger partial charge in [0.25, 0.3) is 5.78 Å². The van der Waals surface area contributed by atoms with E-state index in [-0.39, 0.29) is 23.3 Å². The van der Waals surface area contributed by atoms with E-state index in [0.717, 1.165) is 6.08 Å². The third-order valence-electron chi connectivity index (χ3n) is 3.01. The van der Waals surface area contributed by atoms with Crippen molar-refractivity contribution in [2.24, 2.45) is 0 Å². The SMILES string of the molecule is COC1=CC(=O)C(C)=C(O)C1=O.O=C(O)Cn1ccc(=O)c(I)c1I. The van der Waals surface area contributed by atoms with Gasteiger partial charge in [-0.3, -0.25) is 19.2 Å². The number of ketones is 2. The Labute approximate surface area is 169 Å². The molecule has 2 rings (SSSR count). The first-order valence-electron chi connectivity index (χ1n) is 6.60. The summed E-state index contributed by atoms with van der Waals surface area (Å²) in [6.45, 7) is 1.27. The van der Waals surface area contributed by atoms with Crippen molar-refractivity contribution >= 4 is 62.7 Å². The first-order valence-corrected chi connectivity index (χ1v) is 8.76. The zero-order chi connectivity index (χ0) is 19.3. The minimum Gasteiger partial charge on any atom is -0.504 e. The lowest BCUT2D eigenvalue weighted by molar-refractivity contribution is -0.137. The van der Waals surface area contributed by atoms with Crippen LogP contribution in [0.15, 0.2) is 40.2 Å². The minimum absolute atomic E-state index is 0.0563. The Morgan fingerprint density at radius 3 is 2.40 bits per heavy atom. The molecule has 1 aliphatic carbocycles. The standard InChI is InChI=1S/C8H8O4.C7H5I2NO3/c1-4-5(9)3-6(12-2)8(11)7(4)10;8-6-4(11)1-2-10(7(6)9)3-5(12)13/h3,10H,1-2H3;1-2H,3H2,(H,12,13). The molecule has 0 aliphatic heterocycles. The number of carboxylic acid groups (broad SMARTS) is 1. The second kappa shape index (κ2) is 9.12. The number of methoxy groups -OCH3 is 1. The molecule has 1 aliphatic rings. The summed E-state index contributed by atoms with van der Waals surface area (Å²) < 4.78 is 7.33. The number of halogens is 2. The lowest BCUT2D eigenvalue weighted by Crippen LogP contribution is -2.18. The number of ether oxygens (including phenoxy) is 1. The summed E-state index contributed by atoms with van der Waals surface area (Å²) in [6, 6.07) is 1.37. The molecule has 2 N–H and O–H groups in total. The molecule has 0 fully saturated rings. The molecule has 1 aromatic heterocycles. The van der Waals surface area contributed by atoms with Gasteiger partial charge in [-0.2, -0.15) is 0 Å². The molecule has 0 atom stereocenters. The number of Topliss-reactive ketones (excluding diaryl/α,β-unsaturated/α-hetero) is 1. The van der Waals surface area contributed by atoms with Crippen molar-refractivity contribution in [3.8, 4) is 0 Å². The smallest absolute Gasteiger partial charge is 0.323 e. The summed E-state index contributed by atoms with van der Waals surface area (Å²) in [6.07, 6.45) is 2.55. The summed E-state index contributed by atoms with van der Waals surface area (Å²) in [5.41, 5.74) is -0.0209. The molecule has 0 amide bonds. The van der Waals surface area contributed by atoms with Crippen LogP contribution in [0.3, 0.4) is 0 Å². The van der Waals surface area contributed by atoms with Gasteiger partial charge >= 0.3 is 5.97 Å². The van der Waals surface area contributed by atoms with E-state index in [9.17, 15) is 19.2 Å². The van der Waals surface area contributed by atoms with E-state index >= 15 is 0 Å². The van der Waals surface area contributed by atoms with Crippen molar-refractivity contribution in [2.45, 2.75) is 13.5 Å². The molecular formula is C15H13I2NO7. The molecule has 0 saturated carbocycles. The number of allylic oxidation sites excluding steroid dienone is 2. The van der Waals surface area contributed by atoms with Crippen molar-refractivity contribution < 1.29 is 29.3 Å². The third-order valence-corrected chi connectivity index (χ3v) is 6.24. The van der Waals surface area contributed by atoms with Gasteiger partial charge in [-0.25, -0.2) is 0 Å². The van der Waals surface area contributed by atoms with E-state index in [0.29, 0.717) is 7.27 Å². The van der Waals surface area contributed by atoms with E-state index in [1.54, 1.807) is 0 Å². The summed E-state index contributed by atoms with van der Waals surface area (Å²) in [7, 11) is 1.27. The number of nitrogens with zero attached hydrogens (tertiary/aromatic N) is 1. The fourth-order valence-electron chi connectivity index (χ4n) is 1.64. The Hall–Kier alpha value is -1.70. The Morgan fingerprint density at radius 2 is 1.88 bits per heavy atom. The van der Waals surface area contributed by atoms with Gasteiger partial charge in [-0.05, 0) is 52.1 Å². The molecule has 8 nitrogen and oxygen atoms in total. The van der Waals surface area contributed by atoms with Gasteiger partial charge in [0.15, 0.2) is 22.7 Å². The van der Waals surface area contributed by atoms with Crippen LogP contribution in [0.2, 0.25) is 0 Å².